The van der Waals surface area contributed by atoms with Crippen molar-refractivity contribution in [2.45, 2.75) is 38.6 Å². The van der Waals surface area contributed by atoms with Crippen LogP contribution < -0.4 is 15.0 Å². The van der Waals surface area contributed by atoms with E-state index in [9.17, 15) is 4.79 Å². The quantitative estimate of drug-likeness (QED) is 0.833. The number of nitrogens with one attached hydrogen (secondary N) is 1. The van der Waals surface area contributed by atoms with Crippen molar-refractivity contribution in [3.05, 3.63) is 48.3 Å². The molecule has 0 atom stereocenters. The summed E-state index contributed by atoms with van der Waals surface area (Å²) in [5.74, 6) is 0.178. The lowest BCUT2D eigenvalue weighted by Crippen LogP contribution is -2.45. The molecule has 2 aliphatic rings. The van der Waals surface area contributed by atoms with Crippen LogP contribution in [0.1, 0.15) is 37.0 Å². The minimum atomic E-state index is -0.412. The van der Waals surface area contributed by atoms with E-state index in [2.05, 4.69) is 15.2 Å². The third-order valence-electron chi connectivity index (χ3n) is 5.17. The van der Waals surface area contributed by atoms with E-state index in [1.54, 1.807) is 12.4 Å². The molecule has 1 amide bonds. The molecule has 4 rings (SSSR count). The predicted octanol–water partition coefficient (Wildman–Crippen LogP) is 3.46. The number of hydrogen-bond acceptors (Lipinski definition) is 6. The Kier molecular flexibility index (Phi) is 5.69. The molecule has 2 fully saturated rings. The lowest BCUT2D eigenvalue weighted by Gasteiger charge is -2.38. The highest BCUT2D eigenvalue weighted by Gasteiger charge is 2.39. The largest absolute Gasteiger partial charge is 0.491 e. The number of amides is 1. The first kappa shape index (κ1) is 19.7. The van der Waals surface area contributed by atoms with Crippen LogP contribution in [0.5, 0.6) is 5.75 Å². The molecular weight excluding hydrogens is 370 g/mol. The summed E-state index contributed by atoms with van der Waals surface area (Å²) in [4.78, 5) is 19.2. The Balaban J connectivity index is 1.38. The molecule has 2 saturated heterocycles. The van der Waals surface area contributed by atoms with E-state index in [0.717, 1.165) is 37.4 Å². The zero-order chi connectivity index (χ0) is 20.3. The van der Waals surface area contributed by atoms with Crippen LogP contribution in [0.15, 0.2) is 42.7 Å². The van der Waals surface area contributed by atoms with Crippen LogP contribution in [0, 0.1) is 0 Å². The normalized spacial score (nSPS) is 18.2. The number of benzene rings is 1. The minimum Gasteiger partial charge on any atom is -0.491 e. The Labute approximate surface area is 171 Å². The first-order valence-corrected chi connectivity index (χ1v) is 10.1. The molecule has 2 aromatic rings. The second-order valence-electron chi connectivity index (χ2n) is 7.67. The van der Waals surface area contributed by atoms with Crippen LogP contribution in [-0.2, 0) is 9.47 Å². The Morgan fingerprint density at radius 3 is 2.48 bits per heavy atom. The van der Waals surface area contributed by atoms with Gasteiger partial charge in [-0.25, -0.2) is 0 Å². The Morgan fingerprint density at radius 2 is 1.83 bits per heavy atom. The van der Waals surface area contributed by atoms with Gasteiger partial charge in [0.25, 0.3) is 5.91 Å². The number of hydrogen-bond donors (Lipinski definition) is 1. The molecule has 1 aromatic carbocycles. The molecular formula is C22H27N3O4. The maximum atomic E-state index is 12.7. The molecule has 154 valence electrons. The molecule has 0 aliphatic carbocycles. The molecule has 0 saturated carbocycles. The highest BCUT2D eigenvalue weighted by Crippen LogP contribution is 2.33. The first-order valence-electron chi connectivity index (χ1n) is 10.1. The monoisotopic (exact) mass is 397 g/mol. The van der Waals surface area contributed by atoms with Crippen molar-refractivity contribution in [2.75, 3.05) is 36.5 Å². The van der Waals surface area contributed by atoms with Gasteiger partial charge in [-0.3, -0.25) is 9.78 Å². The number of pyridine rings is 1. The molecule has 7 heteroatoms. The molecule has 7 nitrogen and oxygen atoms in total. The summed E-state index contributed by atoms with van der Waals surface area (Å²) in [6, 6.07) is 9.24. The zero-order valence-corrected chi connectivity index (χ0v) is 16.9. The summed E-state index contributed by atoms with van der Waals surface area (Å²) in [7, 11) is 0. The average molecular weight is 397 g/mol. The third-order valence-corrected chi connectivity index (χ3v) is 5.17. The van der Waals surface area contributed by atoms with Crippen LogP contribution in [-0.4, -0.2) is 49.1 Å². The van der Waals surface area contributed by atoms with Gasteiger partial charge in [0.15, 0.2) is 5.79 Å². The summed E-state index contributed by atoms with van der Waals surface area (Å²) < 4.78 is 17.2. The molecule has 3 heterocycles. The van der Waals surface area contributed by atoms with Gasteiger partial charge in [-0.15, -0.1) is 0 Å². The SMILES string of the molecule is CC(C)Oc1ccc(NC(=O)c2cncc(N3CCC4(CC3)OCCO4)c2)cc1. The van der Waals surface area contributed by atoms with Gasteiger partial charge < -0.3 is 24.4 Å². The number of ether oxygens (including phenoxy) is 3. The van der Waals surface area contributed by atoms with Crippen molar-refractivity contribution in [2.24, 2.45) is 0 Å². The highest BCUT2D eigenvalue weighted by molar-refractivity contribution is 6.04. The Hall–Kier alpha value is -2.64. The number of aromatic nitrogens is 1. The highest BCUT2D eigenvalue weighted by atomic mass is 16.7. The lowest BCUT2D eigenvalue weighted by molar-refractivity contribution is -0.169. The standard InChI is InChI=1S/C22H27N3O4/c1-16(2)29-20-5-3-18(4-6-20)24-21(26)17-13-19(15-23-14-17)25-9-7-22(8-10-25)27-11-12-28-22/h3-6,13-16H,7-12H2,1-2H3,(H,24,26). The van der Waals surface area contributed by atoms with Gasteiger partial charge in [0.2, 0.25) is 0 Å². The fourth-order valence-corrected chi connectivity index (χ4v) is 3.71. The van der Waals surface area contributed by atoms with Gasteiger partial charge >= 0.3 is 0 Å². The van der Waals surface area contributed by atoms with Gasteiger partial charge in [0.1, 0.15) is 5.75 Å². The minimum absolute atomic E-state index is 0.112. The van der Waals surface area contributed by atoms with Crippen LogP contribution >= 0.6 is 0 Å². The number of carbonyl (C=O) groups excluding carboxylic acids is 1. The molecule has 29 heavy (non-hydrogen) atoms. The van der Waals surface area contributed by atoms with Crippen molar-refractivity contribution in [1.82, 2.24) is 4.98 Å². The smallest absolute Gasteiger partial charge is 0.257 e. The van der Waals surface area contributed by atoms with Crippen molar-refractivity contribution in [3.63, 3.8) is 0 Å². The van der Waals surface area contributed by atoms with Crippen LogP contribution in [0.25, 0.3) is 0 Å². The van der Waals surface area contributed by atoms with E-state index in [1.807, 2.05) is 44.2 Å². The summed E-state index contributed by atoms with van der Waals surface area (Å²) >= 11 is 0. The zero-order valence-electron chi connectivity index (χ0n) is 16.9. The van der Waals surface area contributed by atoms with Crippen LogP contribution in [0.3, 0.4) is 0 Å². The van der Waals surface area contributed by atoms with Gasteiger partial charge in [0, 0.05) is 37.8 Å². The molecule has 1 aromatic heterocycles. The lowest BCUT2D eigenvalue weighted by atomic mass is 10.0. The van der Waals surface area contributed by atoms with E-state index in [-0.39, 0.29) is 12.0 Å². The van der Waals surface area contributed by atoms with E-state index >= 15 is 0 Å². The summed E-state index contributed by atoms with van der Waals surface area (Å²) in [5, 5.41) is 2.92. The van der Waals surface area contributed by atoms with Crippen LogP contribution in [0.4, 0.5) is 11.4 Å². The Morgan fingerprint density at radius 1 is 1.14 bits per heavy atom. The molecule has 0 radical (unpaired) electrons. The maximum absolute atomic E-state index is 12.7. The molecule has 1 spiro atoms. The van der Waals surface area contributed by atoms with Crippen molar-refractivity contribution in [3.8, 4) is 5.75 Å². The van der Waals surface area contributed by atoms with E-state index in [0.29, 0.717) is 24.5 Å². The fraction of sp³-hybridized carbons (Fsp3) is 0.455. The second-order valence-corrected chi connectivity index (χ2v) is 7.67. The van der Waals surface area contributed by atoms with Gasteiger partial charge in [-0.05, 0) is 44.2 Å². The number of piperidine rings is 1. The molecule has 0 unspecified atom stereocenters. The van der Waals surface area contributed by atoms with E-state index in [4.69, 9.17) is 14.2 Å². The number of rotatable bonds is 5. The average Bonchev–Trinajstić information content (AvgIpc) is 3.18. The summed E-state index contributed by atoms with van der Waals surface area (Å²) in [6.45, 7) is 6.91. The Bertz CT molecular complexity index is 837. The van der Waals surface area contributed by atoms with Crippen molar-refractivity contribution >= 4 is 17.3 Å². The predicted molar refractivity (Wildman–Crippen MR) is 110 cm³/mol. The first-order chi connectivity index (χ1) is 14.0. The van der Waals surface area contributed by atoms with Gasteiger partial charge in [0.05, 0.1) is 36.8 Å². The molecule has 0 bridgehead atoms. The number of carbonyl (C=O) groups is 1. The number of nitrogens with zero attached hydrogens (tertiary/aromatic N) is 2. The maximum Gasteiger partial charge on any atom is 0.257 e. The van der Waals surface area contributed by atoms with Crippen molar-refractivity contribution in [1.29, 1.82) is 0 Å². The fourth-order valence-electron chi connectivity index (χ4n) is 3.71. The van der Waals surface area contributed by atoms with Gasteiger partial charge in [-0.2, -0.15) is 0 Å². The summed E-state index contributed by atoms with van der Waals surface area (Å²) in [6.07, 6.45) is 5.12. The van der Waals surface area contributed by atoms with E-state index < -0.39 is 5.79 Å². The molecule has 2 aliphatic heterocycles. The summed E-state index contributed by atoms with van der Waals surface area (Å²) in [5.41, 5.74) is 2.18. The second kappa shape index (κ2) is 8.39. The molecule has 1 N–H and O–H groups in total. The van der Waals surface area contributed by atoms with Crippen molar-refractivity contribution < 1.29 is 19.0 Å². The third kappa shape index (κ3) is 4.68. The van der Waals surface area contributed by atoms with Crippen LogP contribution in [0.2, 0.25) is 0 Å². The van der Waals surface area contributed by atoms with Gasteiger partial charge in [-0.1, -0.05) is 0 Å². The number of anilines is 2. The van der Waals surface area contributed by atoms with E-state index in [1.165, 1.54) is 0 Å². The topological polar surface area (TPSA) is 72.9 Å².